The van der Waals surface area contributed by atoms with Crippen LogP contribution in [0.2, 0.25) is 0 Å². The molecule has 3 fully saturated rings. The van der Waals surface area contributed by atoms with Gasteiger partial charge in [0, 0.05) is 108 Å². The summed E-state index contributed by atoms with van der Waals surface area (Å²) in [6.45, 7) is 6.63. The summed E-state index contributed by atoms with van der Waals surface area (Å²) < 4.78 is 18.6. The highest BCUT2D eigenvalue weighted by molar-refractivity contribution is 5.95. The van der Waals surface area contributed by atoms with Crippen molar-refractivity contribution in [2.24, 2.45) is 11.5 Å². The van der Waals surface area contributed by atoms with Crippen molar-refractivity contribution in [1.29, 1.82) is 0 Å². The van der Waals surface area contributed by atoms with Gasteiger partial charge in [0.05, 0.1) is 25.9 Å². The summed E-state index contributed by atoms with van der Waals surface area (Å²) in [6.07, 6.45) is 31.9. The lowest BCUT2D eigenvalue weighted by Gasteiger charge is -2.36. The first-order chi connectivity index (χ1) is 34.6. The van der Waals surface area contributed by atoms with Crippen molar-refractivity contribution in [3.8, 4) is 54.3 Å². The fourth-order valence-corrected chi connectivity index (χ4v) is 9.05. The molecule has 0 spiro atoms. The first-order valence-corrected chi connectivity index (χ1v) is 26.4. The number of ketones is 1. The SMILES string of the molecule is C#CCCCCOc1cc(C(=O)NCCCCCCC(=O)[C@H](CC(=O)NC2CCN(c3nc(N4CCC(N)CC4)cc(N4CCC(N)CC4)n3)CC2)NC)cc(OCCCCC#C)c1OCCCCC#C. The van der Waals surface area contributed by atoms with Gasteiger partial charge in [-0.25, -0.2) is 0 Å². The molecule has 1 aromatic carbocycles. The molecule has 3 aliphatic heterocycles. The summed E-state index contributed by atoms with van der Waals surface area (Å²) in [6, 6.07) is 5.43. The van der Waals surface area contributed by atoms with Crippen molar-refractivity contribution < 1.29 is 28.6 Å². The molecule has 5 rings (SSSR count). The number of piperidine rings is 3. The molecule has 4 heterocycles. The number of hydrogen-bond donors (Lipinski definition) is 5. The van der Waals surface area contributed by atoms with E-state index in [4.69, 9.17) is 54.9 Å². The van der Waals surface area contributed by atoms with E-state index in [1.165, 1.54) is 0 Å². The molecule has 2 aromatic rings. The standard InChI is InChI=1S/C55H82N10O6/c1-5-8-11-18-35-69-48-38-42(39-49(70-36-19-12-9-6-2)53(48)71-37-20-13-10-7-3)54(68)59-28-17-15-14-16-21-47(66)46(58-4)40-52(67)60-45-26-33-65(34-27-45)55-61-50(63-29-22-43(56)23-30-63)41-51(62-55)64-31-24-44(57)25-32-64/h1-3,38-39,41,43-46,58H,8-37,40,56-57H2,4H3,(H,59,68)(H,60,67)/t46-/m0/s1. The molecule has 0 unspecified atom stereocenters. The number of benzene rings is 1. The molecule has 3 saturated heterocycles. The Bertz CT molecular complexity index is 1990. The lowest BCUT2D eigenvalue weighted by atomic mass is 10.0. The number of unbranched alkanes of at least 4 members (excludes halogenated alkanes) is 9. The average molecular weight is 979 g/mol. The molecule has 71 heavy (non-hydrogen) atoms. The van der Waals surface area contributed by atoms with Gasteiger partial charge >= 0.3 is 0 Å². The molecular formula is C55H82N10O6. The number of nitrogens with one attached hydrogen (secondary N) is 3. The molecule has 0 bridgehead atoms. The molecule has 0 aliphatic carbocycles. The highest BCUT2D eigenvalue weighted by atomic mass is 16.5. The van der Waals surface area contributed by atoms with Gasteiger partial charge < -0.3 is 56.3 Å². The topological polar surface area (TPSA) is 203 Å². The smallest absolute Gasteiger partial charge is 0.251 e. The van der Waals surface area contributed by atoms with Gasteiger partial charge in [-0.15, -0.1) is 37.0 Å². The van der Waals surface area contributed by atoms with E-state index in [2.05, 4.69) is 54.5 Å². The Kier molecular flexibility index (Phi) is 25.0. The van der Waals surface area contributed by atoms with Crippen LogP contribution in [0.5, 0.6) is 17.2 Å². The number of hydrogen-bond acceptors (Lipinski definition) is 14. The summed E-state index contributed by atoms with van der Waals surface area (Å²) in [4.78, 5) is 57.0. The average Bonchev–Trinajstić information content (AvgIpc) is 3.38. The zero-order valence-corrected chi connectivity index (χ0v) is 42.5. The van der Waals surface area contributed by atoms with Crippen LogP contribution in [-0.2, 0) is 9.59 Å². The second kappa shape index (κ2) is 31.6. The molecule has 0 saturated carbocycles. The number of Topliss-reactive ketones (excluding diaryl/α,β-unsaturated/α-hetero) is 1. The number of likely N-dealkylation sites (N-methyl/N-ethyl adjacent to an activating group) is 1. The highest BCUT2D eigenvalue weighted by Gasteiger charge is 2.28. The summed E-state index contributed by atoms with van der Waals surface area (Å²) in [5.41, 5.74) is 12.9. The third kappa shape index (κ3) is 19.4. The minimum atomic E-state index is -0.559. The number of nitrogens with zero attached hydrogens (tertiary/aromatic N) is 5. The number of aromatic nitrogens is 2. The number of ether oxygens (including phenoxy) is 3. The summed E-state index contributed by atoms with van der Waals surface area (Å²) in [5.74, 6) is 11.6. The number of anilines is 3. The number of amides is 2. The third-order valence-electron chi connectivity index (χ3n) is 13.5. The van der Waals surface area contributed by atoms with Gasteiger partial charge in [-0.2, -0.15) is 9.97 Å². The second-order valence-electron chi connectivity index (χ2n) is 19.1. The fourth-order valence-electron chi connectivity index (χ4n) is 9.05. The van der Waals surface area contributed by atoms with E-state index in [1.54, 1.807) is 19.2 Å². The van der Waals surface area contributed by atoms with E-state index >= 15 is 0 Å². The Morgan fingerprint density at radius 2 is 1.15 bits per heavy atom. The maximum absolute atomic E-state index is 13.5. The third-order valence-corrected chi connectivity index (χ3v) is 13.5. The van der Waals surface area contributed by atoms with Gasteiger partial charge in [-0.05, 0) is 109 Å². The van der Waals surface area contributed by atoms with Crippen molar-refractivity contribution in [3.63, 3.8) is 0 Å². The van der Waals surface area contributed by atoms with Crippen LogP contribution < -0.4 is 56.3 Å². The predicted molar refractivity (Wildman–Crippen MR) is 283 cm³/mol. The molecule has 1 aromatic heterocycles. The highest BCUT2D eigenvalue weighted by Crippen LogP contribution is 2.40. The van der Waals surface area contributed by atoms with Gasteiger partial charge in [0.1, 0.15) is 17.4 Å². The first-order valence-electron chi connectivity index (χ1n) is 26.4. The number of terminal acetylenes is 3. The predicted octanol–water partition coefficient (Wildman–Crippen LogP) is 5.89. The summed E-state index contributed by atoms with van der Waals surface area (Å²) in [7, 11) is 1.73. The molecular weight excluding hydrogens is 897 g/mol. The van der Waals surface area contributed by atoms with Gasteiger partial charge in [0.25, 0.3) is 5.91 Å². The van der Waals surface area contributed by atoms with Gasteiger partial charge in [0.15, 0.2) is 11.5 Å². The molecule has 3 aliphatic rings. The maximum atomic E-state index is 13.5. The van der Waals surface area contributed by atoms with Gasteiger partial charge in [-0.3, -0.25) is 14.4 Å². The summed E-state index contributed by atoms with van der Waals surface area (Å²) >= 11 is 0. The van der Waals surface area contributed by atoms with Gasteiger partial charge in [-0.1, -0.05) is 12.8 Å². The van der Waals surface area contributed by atoms with Crippen LogP contribution in [0.25, 0.3) is 0 Å². The minimum absolute atomic E-state index is 0.00430. The van der Waals surface area contributed by atoms with Crippen LogP contribution in [-0.4, -0.2) is 124 Å². The zero-order valence-electron chi connectivity index (χ0n) is 42.5. The van der Waals surface area contributed by atoms with Crippen molar-refractivity contribution in [1.82, 2.24) is 25.9 Å². The number of carbonyl (C=O) groups is 3. The van der Waals surface area contributed by atoms with E-state index in [9.17, 15) is 14.4 Å². The Balaban J connectivity index is 1.04. The number of carbonyl (C=O) groups excluding carboxylic acids is 3. The molecule has 1 atom stereocenters. The van der Waals surface area contributed by atoms with Crippen molar-refractivity contribution in [2.75, 3.05) is 87.4 Å². The van der Waals surface area contributed by atoms with Crippen LogP contribution >= 0.6 is 0 Å². The van der Waals surface area contributed by atoms with Crippen LogP contribution in [0.1, 0.15) is 145 Å². The largest absolute Gasteiger partial charge is 0.490 e. The lowest BCUT2D eigenvalue weighted by Crippen LogP contribution is -2.47. The van der Waals surface area contributed by atoms with E-state index in [0.717, 1.165) is 140 Å². The molecule has 0 radical (unpaired) electrons. The van der Waals surface area contributed by atoms with Crippen molar-refractivity contribution in [3.05, 3.63) is 23.8 Å². The molecule has 388 valence electrons. The maximum Gasteiger partial charge on any atom is 0.251 e. The molecule has 7 N–H and O–H groups in total. The van der Waals surface area contributed by atoms with E-state index in [1.807, 2.05) is 0 Å². The number of nitrogens with two attached hydrogens (primary N) is 2. The van der Waals surface area contributed by atoms with E-state index < -0.39 is 6.04 Å². The fraction of sp³-hybridized carbons (Fsp3) is 0.655. The quantitative estimate of drug-likeness (QED) is 0.0442. The van der Waals surface area contributed by atoms with Crippen molar-refractivity contribution >= 4 is 35.2 Å². The van der Waals surface area contributed by atoms with E-state index in [0.29, 0.717) is 94.4 Å². The Hall–Kier alpha value is -5.73. The molecule has 16 nitrogen and oxygen atoms in total. The summed E-state index contributed by atoms with van der Waals surface area (Å²) in [5, 5.41) is 9.31. The monoisotopic (exact) mass is 979 g/mol. The van der Waals surface area contributed by atoms with Crippen molar-refractivity contribution in [2.45, 2.75) is 159 Å². The van der Waals surface area contributed by atoms with Crippen LogP contribution in [0.15, 0.2) is 18.2 Å². The Morgan fingerprint density at radius 3 is 1.66 bits per heavy atom. The van der Waals surface area contributed by atoms with Crippen LogP contribution in [0.3, 0.4) is 0 Å². The van der Waals surface area contributed by atoms with Gasteiger partial charge in [0.2, 0.25) is 17.6 Å². The van der Waals surface area contributed by atoms with Crippen LogP contribution in [0, 0.1) is 37.0 Å². The number of rotatable bonds is 31. The first kappa shape index (κ1) is 56.2. The Morgan fingerprint density at radius 1 is 0.662 bits per heavy atom. The minimum Gasteiger partial charge on any atom is -0.490 e. The Labute approximate surface area is 424 Å². The molecule has 2 amide bonds. The normalized spacial score (nSPS) is 16.1. The second-order valence-corrected chi connectivity index (χ2v) is 19.1. The lowest BCUT2D eigenvalue weighted by molar-refractivity contribution is -0.127. The van der Waals surface area contributed by atoms with E-state index in [-0.39, 0.29) is 42.1 Å². The van der Waals surface area contributed by atoms with Crippen LogP contribution in [0.4, 0.5) is 17.6 Å². The molecule has 16 heteroatoms. The zero-order chi connectivity index (χ0) is 50.6.